The number of hydrogen-bond donors (Lipinski definition) is 2. The van der Waals surface area contributed by atoms with Crippen LogP contribution in [0.3, 0.4) is 0 Å². The SMILES string of the molecule is CC1(C)CC(c2c[nH]c3ccccc23)=CC2=Nc3ccccc3[C@]21O. The molecule has 0 spiro atoms. The summed E-state index contributed by atoms with van der Waals surface area (Å²) in [6, 6.07) is 16.3. The van der Waals surface area contributed by atoms with Gasteiger partial charge in [-0.1, -0.05) is 50.2 Å². The van der Waals surface area contributed by atoms with Crippen LogP contribution in [0.5, 0.6) is 0 Å². The van der Waals surface area contributed by atoms with Gasteiger partial charge < -0.3 is 10.1 Å². The number of H-pyrrole nitrogens is 1. The van der Waals surface area contributed by atoms with Crippen molar-refractivity contribution in [3.63, 3.8) is 0 Å². The molecule has 5 rings (SSSR count). The van der Waals surface area contributed by atoms with Gasteiger partial charge in [-0.15, -0.1) is 0 Å². The van der Waals surface area contributed by atoms with Gasteiger partial charge in [0.05, 0.1) is 11.4 Å². The van der Waals surface area contributed by atoms with Gasteiger partial charge in [0, 0.05) is 33.6 Å². The molecule has 0 bridgehead atoms. The Morgan fingerprint density at radius 3 is 2.68 bits per heavy atom. The molecular weight excluding hydrogens is 308 g/mol. The molecule has 3 heteroatoms. The van der Waals surface area contributed by atoms with E-state index in [2.05, 4.69) is 49.3 Å². The number of fused-ring (bicyclic) bond motifs is 4. The number of aliphatic imine (C=N–C) groups is 1. The van der Waals surface area contributed by atoms with Crippen LogP contribution in [0.1, 0.15) is 31.4 Å². The summed E-state index contributed by atoms with van der Waals surface area (Å²) in [5, 5.41) is 12.9. The fourth-order valence-corrected chi connectivity index (χ4v) is 4.40. The van der Waals surface area contributed by atoms with Gasteiger partial charge in [0.1, 0.15) is 5.60 Å². The number of nitrogens with one attached hydrogen (secondary N) is 1. The first-order valence-corrected chi connectivity index (χ1v) is 8.69. The smallest absolute Gasteiger partial charge is 0.139 e. The maximum atomic E-state index is 11.6. The van der Waals surface area contributed by atoms with E-state index in [9.17, 15) is 5.11 Å². The van der Waals surface area contributed by atoms with Crippen molar-refractivity contribution in [2.75, 3.05) is 0 Å². The van der Waals surface area contributed by atoms with Crippen LogP contribution in [-0.4, -0.2) is 15.8 Å². The third-order valence-corrected chi connectivity index (χ3v) is 5.76. The lowest BCUT2D eigenvalue weighted by Gasteiger charge is -2.44. The van der Waals surface area contributed by atoms with Crippen LogP contribution < -0.4 is 0 Å². The van der Waals surface area contributed by atoms with Crippen LogP contribution in [0.2, 0.25) is 0 Å². The Morgan fingerprint density at radius 1 is 1.04 bits per heavy atom. The molecule has 2 heterocycles. The van der Waals surface area contributed by atoms with Crippen molar-refractivity contribution < 1.29 is 5.11 Å². The first kappa shape index (κ1) is 14.7. The van der Waals surface area contributed by atoms with Gasteiger partial charge in [-0.2, -0.15) is 0 Å². The number of hydrogen-bond acceptors (Lipinski definition) is 2. The zero-order valence-electron chi connectivity index (χ0n) is 14.4. The lowest BCUT2D eigenvalue weighted by Crippen LogP contribution is -2.48. The fraction of sp³-hybridized carbons (Fsp3) is 0.227. The molecule has 2 aliphatic rings. The van der Waals surface area contributed by atoms with Gasteiger partial charge in [-0.3, -0.25) is 0 Å². The molecule has 2 N–H and O–H groups in total. The van der Waals surface area contributed by atoms with Crippen LogP contribution in [-0.2, 0) is 5.60 Å². The minimum atomic E-state index is -1.03. The average molecular weight is 328 g/mol. The Kier molecular flexibility index (Phi) is 2.76. The molecule has 0 fully saturated rings. The number of aromatic nitrogens is 1. The molecule has 124 valence electrons. The van der Waals surface area contributed by atoms with Crippen LogP contribution >= 0.6 is 0 Å². The second-order valence-corrected chi connectivity index (χ2v) is 7.70. The molecule has 0 saturated heterocycles. The summed E-state index contributed by atoms with van der Waals surface area (Å²) in [4.78, 5) is 8.12. The molecule has 0 unspecified atom stereocenters. The van der Waals surface area contributed by atoms with E-state index in [4.69, 9.17) is 4.99 Å². The molecule has 1 atom stereocenters. The zero-order valence-corrected chi connectivity index (χ0v) is 14.4. The van der Waals surface area contributed by atoms with Gasteiger partial charge in [0.2, 0.25) is 0 Å². The Balaban J connectivity index is 1.73. The molecule has 3 nitrogen and oxygen atoms in total. The number of aromatic amines is 1. The monoisotopic (exact) mass is 328 g/mol. The number of rotatable bonds is 1. The molecule has 1 aliphatic heterocycles. The summed E-state index contributed by atoms with van der Waals surface area (Å²) in [7, 11) is 0. The van der Waals surface area contributed by atoms with E-state index in [0.717, 1.165) is 28.9 Å². The van der Waals surface area contributed by atoms with Gasteiger partial charge in [-0.05, 0) is 30.2 Å². The molecule has 0 radical (unpaired) electrons. The minimum Gasteiger partial charge on any atom is -0.378 e. The van der Waals surface area contributed by atoms with Crippen LogP contribution in [0, 0.1) is 5.41 Å². The molecule has 3 aromatic rings. The van der Waals surface area contributed by atoms with E-state index in [-0.39, 0.29) is 5.41 Å². The zero-order chi connectivity index (χ0) is 17.2. The van der Waals surface area contributed by atoms with Crippen molar-refractivity contribution in [3.8, 4) is 0 Å². The van der Waals surface area contributed by atoms with Gasteiger partial charge in [0.15, 0.2) is 0 Å². The molecule has 25 heavy (non-hydrogen) atoms. The Hall–Kier alpha value is -2.65. The number of para-hydroxylation sites is 2. The molecule has 0 saturated carbocycles. The molecule has 1 aromatic heterocycles. The number of nitrogens with zero attached hydrogens (tertiary/aromatic N) is 1. The molecule has 1 aliphatic carbocycles. The van der Waals surface area contributed by atoms with Crippen LogP contribution in [0.25, 0.3) is 16.5 Å². The Bertz CT molecular complexity index is 1070. The summed E-state index contributed by atoms with van der Waals surface area (Å²) < 4.78 is 0. The van der Waals surface area contributed by atoms with Crippen molar-refractivity contribution in [2.24, 2.45) is 10.4 Å². The van der Waals surface area contributed by atoms with E-state index in [1.807, 2.05) is 30.3 Å². The minimum absolute atomic E-state index is 0.346. The lowest BCUT2D eigenvalue weighted by molar-refractivity contribution is -0.00550. The third-order valence-electron chi connectivity index (χ3n) is 5.76. The van der Waals surface area contributed by atoms with E-state index in [0.29, 0.717) is 0 Å². The Labute approximate surface area is 146 Å². The Morgan fingerprint density at radius 2 is 1.80 bits per heavy atom. The quantitative estimate of drug-likeness (QED) is 0.652. The predicted molar refractivity (Wildman–Crippen MR) is 102 cm³/mol. The summed E-state index contributed by atoms with van der Waals surface area (Å²) in [6.45, 7) is 4.26. The first-order chi connectivity index (χ1) is 12.0. The van der Waals surface area contributed by atoms with Crippen LogP contribution in [0.15, 0.2) is 65.8 Å². The summed E-state index contributed by atoms with van der Waals surface area (Å²) in [6.07, 6.45) is 4.94. The second-order valence-electron chi connectivity index (χ2n) is 7.70. The number of aliphatic hydroxyl groups is 1. The standard InChI is InChI=1S/C22H20N2O/c1-21(2)12-14(16-13-23-18-9-5-3-7-15(16)18)11-20-22(21,25)17-8-4-6-10-19(17)24-20/h3-11,13,23,25H,12H2,1-2H3/t22-/m0/s1. The molecular formula is C22H20N2O. The molecule has 0 amide bonds. The van der Waals surface area contributed by atoms with Crippen molar-refractivity contribution >= 4 is 27.9 Å². The van der Waals surface area contributed by atoms with Gasteiger partial charge in [-0.25, -0.2) is 4.99 Å². The largest absolute Gasteiger partial charge is 0.378 e. The van der Waals surface area contributed by atoms with Gasteiger partial charge in [0.25, 0.3) is 0 Å². The highest BCUT2D eigenvalue weighted by Crippen LogP contribution is 2.55. The second kappa shape index (κ2) is 4.70. The van der Waals surface area contributed by atoms with E-state index < -0.39 is 5.60 Å². The maximum absolute atomic E-state index is 11.6. The van der Waals surface area contributed by atoms with Crippen molar-refractivity contribution in [1.29, 1.82) is 0 Å². The summed E-state index contributed by atoms with van der Waals surface area (Å²) in [5.41, 5.74) is 4.73. The van der Waals surface area contributed by atoms with Gasteiger partial charge >= 0.3 is 0 Å². The van der Waals surface area contributed by atoms with E-state index >= 15 is 0 Å². The molecule has 2 aromatic carbocycles. The highest BCUT2D eigenvalue weighted by atomic mass is 16.3. The normalized spacial score (nSPS) is 23.8. The topological polar surface area (TPSA) is 48.4 Å². The lowest BCUT2D eigenvalue weighted by atomic mass is 9.62. The van der Waals surface area contributed by atoms with E-state index in [1.54, 1.807) is 0 Å². The average Bonchev–Trinajstić information content (AvgIpc) is 3.15. The summed E-state index contributed by atoms with van der Waals surface area (Å²) in [5.74, 6) is 0. The number of allylic oxidation sites excluding steroid dienone is 1. The highest BCUT2D eigenvalue weighted by Gasteiger charge is 2.54. The highest BCUT2D eigenvalue weighted by molar-refractivity contribution is 6.14. The maximum Gasteiger partial charge on any atom is 0.139 e. The summed E-state index contributed by atoms with van der Waals surface area (Å²) >= 11 is 0. The first-order valence-electron chi connectivity index (χ1n) is 8.69. The van der Waals surface area contributed by atoms with Crippen molar-refractivity contribution in [3.05, 3.63) is 71.9 Å². The van der Waals surface area contributed by atoms with Crippen molar-refractivity contribution in [1.82, 2.24) is 4.98 Å². The number of benzene rings is 2. The third kappa shape index (κ3) is 1.82. The van der Waals surface area contributed by atoms with E-state index in [1.165, 1.54) is 16.5 Å². The fourth-order valence-electron chi connectivity index (χ4n) is 4.40. The predicted octanol–water partition coefficient (Wildman–Crippen LogP) is 4.96. The van der Waals surface area contributed by atoms with Crippen LogP contribution in [0.4, 0.5) is 5.69 Å². The van der Waals surface area contributed by atoms with Crippen molar-refractivity contribution in [2.45, 2.75) is 25.9 Å².